The lowest BCUT2D eigenvalue weighted by Crippen LogP contribution is -2.29. The van der Waals surface area contributed by atoms with Crippen LogP contribution in [0.2, 0.25) is 0 Å². The Morgan fingerprint density at radius 1 is 1.17 bits per heavy atom. The minimum atomic E-state index is 0.305. The van der Waals surface area contributed by atoms with Crippen LogP contribution in [0.15, 0.2) is 12.1 Å². The van der Waals surface area contributed by atoms with Crippen LogP contribution in [0.3, 0.4) is 0 Å². The molecule has 18 heavy (non-hydrogen) atoms. The molecule has 1 aromatic rings. The highest BCUT2D eigenvalue weighted by molar-refractivity contribution is 5.27. The highest BCUT2D eigenvalue weighted by atomic mass is 16.3. The minimum Gasteiger partial charge on any atom is -0.506 e. The largest absolute Gasteiger partial charge is 0.506 e. The lowest BCUT2D eigenvalue weighted by Gasteiger charge is -2.21. The summed E-state index contributed by atoms with van der Waals surface area (Å²) in [6.45, 7) is 2.64. The van der Waals surface area contributed by atoms with Crippen molar-refractivity contribution in [1.82, 2.24) is 10.3 Å². The van der Waals surface area contributed by atoms with Crippen LogP contribution in [0.5, 0.6) is 5.75 Å². The molecule has 0 amide bonds. The van der Waals surface area contributed by atoms with E-state index in [1.807, 2.05) is 13.0 Å². The van der Waals surface area contributed by atoms with Gasteiger partial charge in [-0.25, -0.2) is 0 Å². The first-order valence-electron chi connectivity index (χ1n) is 7.14. The molecule has 0 bridgehead atoms. The summed E-state index contributed by atoms with van der Waals surface area (Å²) in [6.07, 6.45) is 9.29. The van der Waals surface area contributed by atoms with Gasteiger partial charge in [0.2, 0.25) is 0 Å². The van der Waals surface area contributed by atoms with Crippen molar-refractivity contribution in [3.05, 3.63) is 23.5 Å². The summed E-state index contributed by atoms with van der Waals surface area (Å²) >= 11 is 0. The first-order chi connectivity index (χ1) is 8.75. The predicted molar refractivity (Wildman–Crippen MR) is 73.6 cm³/mol. The maximum Gasteiger partial charge on any atom is 0.138 e. The van der Waals surface area contributed by atoms with Gasteiger partial charge in [0.25, 0.3) is 0 Å². The van der Waals surface area contributed by atoms with Crippen LogP contribution in [-0.2, 0) is 6.54 Å². The van der Waals surface area contributed by atoms with Crippen molar-refractivity contribution in [1.29, 1.82) is 0 Å². The number of hydrogen-bond acceptors (Lipinski definition) is 3. The first-order valence-corrected chi connectivity index (χ1v) is 7.14. The summed E-state index contributed by atoms with van der Waals surface area (Å²) in [5.41, 5.74) is 1.74. The molecule has 1 heterocycles. The van der Waals surface area contributed by atoms with E-state index < -0.39 is 0 Å². The Morgan fingerprint density at radius 2 is 1.83 bits per heavy atom. The van der Waals surface area contributed by atoms with Crippen molar-refractivity contribution in [2.45, 2.75) is 64.5 Å². The van der Waals surface area contributed by atoms with E-state index in [1.165, 1.54) is 44.9 Å². The zero-order valence-corrected chi connectivity index (χ0v) is 11.3. The number of nitrogens with zero attached hydrogens (tertiary/aromatic N) is 1. The summed E-state index contributed by atoms with van der Waals surface area (Å²) in [5, 5.41) is 13.3. The Labute approximate surface area is 110 Å². The number of aromatic nitrogens is 1. The molecule has 0 spiro atoms. The summed E-state index contributed by atoms with van der Waals surface area (Å²) in [4.78, 5) is 4.39. The Morgan fingerprint density at radius 3 is 2.56 bits per heavy atom. The van der Waals surface area contributed by atoms with Crippen molar-refractivity contribution >= 4 is 0 Å². The van der Waals surface area contributed by atoms with Crippen LogP contribution in [0.25, 0.3) is 0 Å². The predicted octanol–water partition coefficient (Wildman–Crippen LogP) is 3.30. The van der Waals surface area contributed by atoms with Gasteiger partial charge in [-0.2, -0.15) is 0 Å². The molecule has 2 rings (SSSR count). The molecule has 3 heteroatoms. The molecule has 2 N–H and O–H groups in total. The van der Waals surface area contributed by atoms with Gasteiger partial charge in [0.15, 0.2) is 0 Å². The van der Waals surface area contributed by atoms with Gasteiger partial charge in [0.1, 0.15) is 5.75 Å². The fourth-order valence-corrected chi connectivity index (χ4v) is 2.63. The topological polar surface area (TPSA) is 45.1 Å². The smallest absolute Gasteiger partial charge is 0.138 e. The normalized spacial score (nSPS) is 18.3. The lowest BCUT2D eigenvalue weighted by atomic mass is 9.97. The van der Waals surface area contributed by atoms with E-state index in [1.54, 1.807) is 6.07 Å². The zero-order valence-electron chi connectivity index (χ0n) is 11.3. The Balaban J connectivity index is 1.87. The second-order valence-electron chi connectivity index (χ2n) is 5.34. The van der Waals surface area contributed by atoms with Crippen LogP contribution < -0.4 is 5.32 Å². The fourth-order valence-electron chi connectivity index (χ4n) is 2.63. The van der Waals surface area contributed by atoms with E-state index in [9.17, 15) is 5.11 Å². The first kappa shape index (κ1) is 13.3. The third kappa shape index (κ3) is 3.98. The highest BCUT2D eigenvalue weighted by Gasteiger charge is 2.12. The molecular weight excluding hydrogens is 224 g/mol. The molecular formula is C15H24N2O. The molecule has 3 nitrogen and oxygen atoms in total. The number of nitrogens with one attached hydrogen (secondary N) is 1. The number of rotatable bonds is 3. The maximum absolute atomic E-state index is 9.76. The Hall–Kier alpha value is -1.09. The second kappa shape index (κ2) is 6.74. The molecule has 1 aliphatic carbocycles. The molecule has 0 aromatic carbocycles. The Kier molecular flexibility index (Phi) is 5.00. The number of pyridine rings is 1. The van der Waals surface area contributed by atoms with Crippen molar-refractivity contribution in [2.24, 2.45) is 0 Å². The number of aromatic hydroxyl groups is 1. The van der Waals surface area contributed by atoms with E-state index in [0.717, 1.165) is 11.4 Å². The second-order valence-corrected chi connectivity index (χ2v) is 5.34. The van der Waals surface area contributed by atoms with Crippen LogP contribution >= 0.6 is 0 Å². The highest BCUT2D eigenvalue weighted by Crippen LogP contribution is 2.19. The zero-order chi connectivity index (χ0) is 12.8. The Bertz CT molecular complexity index is 371. The third-order valence-corrected chi connectivity index (χ3v) is 3.75. The average molecular weight is 248 g/mol. The van der Waals surface area contributed by atoms with Crippen LogP contribution in [-0.4, -0.2) is 16.1 Å². The molecule has 100 valence electrons. The van der Waals surface area contributed by atoms with Gasteiger partial charge < -0.3 is 10.4 Å². The monoisotopic (exact) mass is 248 g/mol. The van der Waals surface area contributed by atoms with Crippen LogP contribution in [0, 0.1) is 6.92 Å². The van der Waals surface area contributed by atoms with E-state index in [-0.39, 0.29) is 0 Å². The molecule has 1 aliphatic rings. The molecule has 1 fully saturated rings. The quantitative estimate of drug-likeness (QED) is 0.862. The van der Waals surface area contributed by atoms with Gasteiger partial charge in [0, 0.05) is 18.3 Å². The van der Waals surface area contributed by atoms with Gasteiger partial charge in [-0.1, -0.05) is 32.1 Å². The minimum absolute atomic E-state index is 0.305. The van der Waals surface area contributed by atoms with Gasteiger partial charge in [-0.15, -0.1) is 0 Å². The summed E-state index contributed by atoms with van der Waals surface area (Å²) in [5.74, 6) is 0.305. The van der Waals surface area contributed by atoms with Crippen molar-refractivity contribution in [3.63, 3.8) is 0 Å². The summed E-state index contributed by atoms with van der Waals surface area (Å²) in [6, 6.07) is 4.17. The molecule has 1 aromatic heterocycles. The van der Waals surface area contributed by atoms with Crippen LogP contribution in [0.4, 0.5) is 0 Å². The number of hydrogen-bond donors (Lipinski definition) is 2. The molecule has 0 aliphatic heterocycles. The van der Waals surface area contributed by atoms with Gasteiger partial charge in [-0.05, 0) is 31.9 Å². The molecule has 1 saturated carbocycles. The van der Waals surface area contributed by atoms with Gasteiger partial charge in [0.05, 0.1) is 5.69 Å². The average Bonchev–Trinajstić information content (AvgIpc) is 2.32. The molecule has 0 saturated heterocycles. The van der Waals surface area contributed by atoms with E-state index in [0.29, 0.717) is 18.3 Å². The van der Waals surface area contributed by atoms with Gasteiger partial charge in [-0.3, -0.25) is 4.98 Å². The fraction of sp³-hybridized carbons (Fsp3) is 0.667. The summed E-state index contributed by atoms with van der Waals surface area (Å²) in [7, 11) is 0. The van der Waals surface area contributed by atoms with Crippen molar-refractivity contribution in [2.75, 3.05) is 0 Å². The molecule has 0 atom stereocenters. The number of aryl methyl sites for hydroxylation is 1. The molecule has 0 unspecified atom stereocenters. The lowest BCUT2D eigenvalue weighted by molar-refractivity contribution is 0.382. The maximum atomic E-state index is 9.76. The van der Waals surface area contributed by atoms with E-state index in [4.69, 9.17) is 0 Å². The molecule has 0 radical (unpaired) electrons. The van der Waals surface area contributed by atoms with Crippen molar-refractivity contribution in [3.8, 4) is 5.75 Å². The summed E-state index contributed by atoms with van der Waals surface area (Å²) < 4.78 is 0. The van der Waals surface area contributed by atoms with Crippen molar-refractivity contribution < 1.29 is 5.11 Å². The van der Waals surface area contributed by atoms with Crippen LogP contribution in [0.1, 0.15) is 56.3 Å². The third-order valence-electron chi connectivity index (χ3n) is 3.75. The van der Waals surface area contributed by atoms with E-state index in [2.05, 4.69) is 10.3 Å². The SMILES string of the molecule is Cc1ccc(O)c(CNC2CCCCCCC2)n1. The van der Waals surface area contributed by atoms with Gasteiger partial charge >= 0.3 is 0 Å². The van der Waals surface area contributed by atoms with E-state index >= 15 is 0 Å². The standard InChI is InChI=1S/C15H24N2O/c1-12-9-10-15(18)14(17-12)11-16-13-7-5-3-2-4-6-8-13/h9-10,13,16,18H,2-8,11H2,1H3.